The normalized spacial score (nSPS) is 10.5. The van der Waals surface area contributed by atoms with Crippen LogP contribution in [0.3, 0.4) is 0 Å². The third kappa shape index (κ3) is 3.23. The van der Waals surface area contributed by atoms with Gasteiger partial charge in [0.25, 0.3) is 11.6 Å². The summed E-state index contributed by atoms with van der Waals surface area (Å²) in [5.74, 6) is -0.611. The number of carbonyl (C=O) groups excluding carboxylic acids is 1. The Bertz CT molecular complexity index is 623. The van der Waals surface area contributed by atoms with E-state index in [0.29, 0.717) is 0 Å². The molecule has 1 amide bonds. The van der Waals surface area contributed by atoms with E-state index in [1.54, 1.807) is 6.07 Å². The molecule has 7 heteroatoms. The van der Waals surface area contributed by atoms with Gasteiger partial charge in [-0.15, -0.1) is 11.3 Å². The van der Waals surface area contributed by atoms with Crippen LogP contribution in [0.5, 0.6) is 0 Å². The highest BCUT2D eigenvalue weighted by molar-refractivity contribution is 7.11. The van der Waals surface area contributed by atoms with E-state index >= 15 is 0 Å². The minimum Gasteiger partial charge on any atom is -0.267 e. The Hall–Kier alpha value is -2.54. The minimum absolute atomic E-state index is 0.0178. The Morgan fingerprint density at radius 1 is 1.32 bits per heavy atom. The number of hydrazone groups is 1. The topological polar surface area (TPSA) is 84.6 Å². The molecule has 2 rings (SSSR count). The number of carbonyl (C=O) groups is 1. The van der Waals surface area contributed by atoms with Gasteiger partial charge < -0.3 is 0 Å². The van der Waals surface area contributed by atoms with E-state index in [-0.39, 0.29) is 11.3 Å². The molecule has 1 aromatic heterocycles. The first-order valence-electron chi connectivity index (χ1n) is 5.29. The molecule has 1 aromatic carbocycles. The van der Waals surface area contributed by atoms with Crippen molar-refractivity contribution in [2.75, 3.05) is 0 Å². The van der Waals surface area contributed by atoms with Gasteiger partial charge in [0.05, 0.1) is 11.1 Å². The third-order valence-corrected chi connectivity index (χ3v) is 3.05. The van der Waals surface area contributed by atoms with Gasteiger partial charge in [-0.05, 0) is 17.5 Å². The van der Waals surface area contributed by atoms with Crippen molar-refractivity contribution in [2.24, 2.45) is 5.10 Å². The molecule has 6 nitrogen and oxygen atoms in total. The molecule has 0 bridgehead atoms. The molecule has 96 valence electrons. The third-order valence-electron chi connectivity index (χ3n) is 2.25. The monoisotopic (exact) mass is 275 g/mol. The number of thiophene rings is 1. The Morgan fingerprint density at radius 3 is 2.79 bits per heavy atom. The van der Waals surface area contributed by atoms with Crippen LogP contribution in [0.15, 0.2) is 46.9 Å². The molecule has 19 heavy (non-hydrogen) atoms. The number of rotatable bonds is 4. The van der Waals surface area contributed by atoms with Gasteiger partial charge in [-0.25, -0.2) is 5.43 Å². The van der Waals surface area contributed by atoms with Crippen LogP contribution in [-0.4, -0.2) is 17.0 Å². The maximum Gasteiger partial charge on any atom is 0.282 e. The molecular formula is C12H9N3O3S. The summed E-state index contributed by atoms with van der Waals surface area (Å²) in [7, 11) is 0. The molecule has 1 heterocycles. The summed E-state index contributed by atoms with van der Waals surface area (Å²) in [6.07, 6.45) is 1.48. The molecule has 0 unspecified atom stereocenters. The van der Waals surface area contributed by atoms with E-state index < -0.39 is 10.8 Å². The van der Waals surface area contributed by atoms with Gasteiger partial charge in [-0.1, -0.05) is 18.2 Å². The van der Waals surface area contributed by atoms with Crippen molar-refractivity contribution < 1.29 is 9.72 Å². The summed E-state index contributed by atoms with van der Waals surface area (Å²) in [6.45, 7) is 0. The fourth-order valence-corrected chi connectivity index (χ4v) is 1.99. The van der Waals surface area contributed by atoms with Crippen LogP contribution in [0.4, 0.5) is 5.69 Å². The highest BCUT2D eigenvalue weighted by Gasteiger charge is 2.18. The van der Waals surface area contributed by atoms with Crippen molar-refractivity contribution in [1.29, 1.82) is 0 Å². The zero-order valence-electron chi connectivity index (χ0n) is 9.65. The highest BCUT2D eigenvalue weighted by atomic mass is 32.1. The molecule has 0 aliphatic carbocycles. The maximum absolute atomic E-state index is 11.8. The number of nitrogens with zero attached hydrogens (tertiary/aromatic N) is 2. The van der Waals surface area contributed by atoms with Gasteiger partial charge in [-0.2, -0.15) is 5.10 Å². The summed E-state index contributed by atoms with van der Waals surface area (Å²) >= 11 is 1.47. The lowest BCUT2D eigenvalue weighted by Gasteiger charge is -2.00. The second kappa shape index (κ2) is 5.87. The molecule has 0 aliphatic rings. The fourth-order valence-electron chi connectivity index (χ4n) is 1.40. The smallest absolute Gasteiger partial charge is 0.267 e. The van der Waals surface area contributed by atoms with Gasteiger partial charge in [0, 0.05) is 10.9 Å². The van der Waals surface area contributed by atoms with Gasteiger partial charge in [0.1, 0.15) is 5.56 Å². The average Bonchev–Trinajstić information content (AvgIpc) is 2.91. The molecule has 0 saturated heterocycles. The van der Waals surface area contributed by atoms with Gasteiger partial charge >= 0.3 is 0 Å². The number of hydrogen-bond acceptors (Lipinski definition) is 5. The molecule has 0 fully saturated rings. The summed E-state index contributed by atoms with van der Waals surface area (Å²) in [4.78, 5) is 22.8. The zero-order chi connectivity index (χ0) is 13.7. The van der Waals surface area contributed by atoms with E-state index in [1.807, 2.05) is 17.5 Å². The maximum atomic E-state index is 11.8. The minimum atomic E-state index is -0.611. The van der Waals surface area contributed by atoms with Crippen molar-refractivity contribution >= 4 is 29.1 Å². The fraction of sp³-hybridized carbons (Fsp3) is 0. The van der Waals surface area contributed by atoms with Gasteiger partial charge in [-0.3, -0.25) is 14.9 Å². The van der Waals surface area contributed by atoms with Crippen molar-refractivity contribution in [2.45, 2.75) is 0 Å². The number of nitro groups is 1. The van der Waals surface area contributed by atoms with Crippen LogP contribution in [0.1, 0.15) is 15.2 Å². The summed E-state index contributed by atoms with van der Waals surface area (Å²) in [5, 5.41) is 16.4. The van der Waals surface area contributed by atoms with Crippen molar-refractivity contribution in [3.05, 3.63) is 62.3 Å². The van der Waals surface area contributed by atoms with Crippen LogP contribution < -0.4 is 5.43 Å². The highest BCUT2D eigenvalue weighted by Crippen LogP contribution is 2.17. The van der Waals surface area contributed by atoms with Gasteiger partial charge in [0.15, 0.2) is 0 Å². The van der Waals surface area contributed by atoms with Gasteiger partial charge in [0.2, 0.25) is 0 Å². The summed E-state index contributed by atoms with van der Waals surface area (Å²) in [6, 6.07) is 9.42. The molecule has 1 N–H and O–H groups in total. The average molecular weight is 275 g/mol. The Labute approximate surface area is 112 Å². The van der Waals surface area contributed by atoms with Crippen LogP contribution in [-0.2, 0) is 0 Å². The van der Waals surface area contributed by atoms with Crippen LogP contribution in [0.25, 0.3) is 0 Å². The van der Waals surface area contributed by atoms with Crippen LogP contribution >= 0.6 is 11.3 Å². The van der Waals surface area contributed by atoms with Crippen LogP contribution in [0.2, 0.25) is 0 Å². The first kappa shape index (κ1) is 12.9. The van der Waals surface area contributed by atoms with E-state index in [9.17, 15) is 14.9 Å². The van der Waals surface area contributed by atoms with Crippen molar-refractivity contribution in [3.8, 4) is 0 Å². The van der Waals surface area contributed by atoms with Crippen LogP contribution in [0, 0.1) is 10.1 Å². The quantitative estimate of drug-likeness (QED) is 0.528. The Morgan fingerprint density at radius 2 is 2.11 bits per heavy atom. The number of para-hydroxylation sites is 1. The Balaban J connectivity index is 2.10. The SMILES string of the molecule is O=C(N/N=C/c1cccs1)c1ccccc1[N+](=O)[O-]. The number of nitrogens with one attached hydrogen (secondary N) is 1. The molecule has 0 aliphatic heterocycles. The first-order chi connectivity index (χ1) is 9.18. The molecule has 0 radical (unpaired) electrons. The number of amides is 1. The lowest BCUT2D eigenvalue weighted by Crippen LogP contribution is -2.18. The lowest BCUT2D eigenvalue weighted by atomic mass is 10.2. The number of hydrogen-bond donors (Lipinski definition) is 1. The molecule has 0 atom stereocenters. The second-order valence-electron chi connectivity index (χ2n) is 3.49. The van der Waals surface area contributed by atoms with E-state index in [4.69, 9.17) is 0 Å². The van der Waals surface area contributed by atoms with Crippen molar-refractivity contribution in [3.63, 3.8) is 0 Å². The standard InChI is InChI=1S/C12H9N3O3S/c16-12(14-13-8-9-4-3-7-19-9)10-5-1-2-6-11(10)15(17)18/h1-8H,(H,14,16)/b13-8+. The largest absolute Gasteiger partial charge is 0.282 e. The van der Waals surface area contributed by atoms with E-state index in [0.717, 1.165) is 4.88 Å². The van der Waals surface area contributed by atoms with Crippen molar-refractivity contribution in [1.82, 2.24) is 5.43 Å². The first-order valence-corrected chi connectivity index (χ1v) is 6.17. The predicted molar refractivity (Wildman–Crippen MR) is 72.5 cm³/mol. The summed E-state index contributed by atoms with van der Waals surface area (Å²) in [5.41, 5.74) is 2.00. The molecule has 2 aromatic rings. The molecule has 0 spiro atoms. The predicted octanol–water partition coefficient (Wildman–Crippen LogP) is 2.42. The number of benzene rings is 1. The lowest BCUT2D eigenvalue weighted by molar-refractivity contribution is -0.385. The molecular weight excluding hydrogens is 266 g/mol. The summed E-state index contributed by atoms with van der Waals surface area (Å²) < 4.78 is 0. The zero-order valence-corrected chi connectivity index (χ0v) is 10.5. The van der Waals surface area contributed by atoms with E-state index in [1.165, 1.54) is 35.8 Å². The Kier molecular flexibility index (Phi) is 3.99. The molecule has 0 saturated carbocycles. The van der Waals surface area contributed by atoms with E-state index in [2.05, 4.69) is 10.5 Å². The number of nitro benzene ring substituents is 1. The second-order valence-corrected chi connectivity index (χ2v) is 4.47.